The monoisotopic (exact) mass is 592 g/mol. The molecular weight excluding hydrogens is 551 g/mol. The molecule has 0 amide bonds. The van der Waals surface area contributed by atoms with E-state index in [9.17, 15) is 0 Å². The third kappa shape index (κ3) is 9.19. The first kappa shape index (κ1) is 31.3. The Morgan fingerprint density at radius 3 is 1.50 bits per heavy atom. The van der Waals surface area contributed by atoms with Gasteiger partial charge < -0.3 is 5.32 Å². The van der Waals surface area contributed by atoms with Gasteiger partial charge in [0, 0.05) is 7.05 Å². The van der Waals surface area contributed by atoms with Crippen molar-refractivity contribution in [1.82, 2.24) is 21.5 Å². The number of thiocarbonyl (C=S) groups is 2. The maximum atomic E-state index is 5.39. The Bertz CT molecular complexity index is 1170. The van der Waals surface area contributed by atoms with Gasteiger partial charge in [0.15, 0.2) is 5.11 Å². The van der Waals surface area contributed by atoms with Crippen LogP contribution in [0.15, 0.2) is 101 Å². The zero-order valence-corrected chi connectivity index (χ0v) is 26.2. The standard InChI is InChI=1S/C31H41N6PS2/c1-25(34-36-30(39)32-3)26(2)35-37-31(40)33-23-15-4-5-16-24-38(27-17-9-6-10-18-27,28-19-11-7-12-20-28)29-21-13-8-14-22-29/h6-14,17-22,38H,4-5,15-16,23-24H2,1-3H3,(H2,32,36,39)(H2,33,37,40)/b34-25+,35-26+. The van der Waals surface area contributed by atoms with Gasteiger partial charge in [0.05, 0.1) is 0 Å². The van der Waals surface area contributed by atoms with Gasteiger partial charge in [-0.15, -0.1) is 0 Å². The van der Waals surface area contributed by atoms with E-state index in [0.29, 0.717) is 15.9 Å². The van der Waals surface area contributed by atoms with Crippen molar-refractivity contribution in [3.8, 4) is 0 Å². The summed E-state index contributed by atoms with van der Waals surface area (Å²) in [6.07, 6.45) is 5.73. The Hall–Kier alpha value is -3.19. The Morgan fingerprint density at radius 2 is 1.05 bits per heavy atom. The molecule has 212 valence electrons. The fourth-order valence-corrected chi connectivity index (χ4v) is 9.82. The molecule has 3 aromatic carbocycles. The van der Waals surface area contributed by atoms with Crippen LogP contribution in [0.3, 0.4) is 0 Å². The molecule has 9 heteroatoms. The van der Waals surface area contributed by atoms with E-state index in [0.717, 1.165) is 25.1 Å². The average Bonchev–Trinajstić information content (AvgIpc) is 3.01. The van der Waals surface area contributed by atoms with Crippen molar-refractivity contribution in [2.75, 3.05) is 19.8 Å². The summed E-state index contributed by atoms with van der Waals surface area (Å²) in [7, 11) is -0.404. The first-order valence-electron chi connectivity index (χ1n) is 13.7. The predicted molar refractivity (Wildman–Crippen MR) is 185 cm³/mol. The molecule has 0 unspecified atom stereocenters. The van der Waals surface area contributed by atoms with Crippen molar-refractivity contribution in [3.63, 3.8) is 0 Å². The van der Waals surface area contributed by atoms with Crippen molar-refractivity contribution >= 4 is 69.3 Å². The third-order valence-electron chi connectivity index (χ3n) is 6.96. The molecular formula is C31H41N6PS2. The van der Waals surface area contributed by atoms with Gasteiger partial charge in [-0.2, -0.15) is 5.10 Å². The fraction of sp³-hybridized carbons (Fsp3) is 0.290. The summed E-state index contributed by atoms with van der Waals surface area (Å²) in [5.41, 5.74) is 7.09. The Labute approximate surface area is 250 Å². The van der Waals surface area contributed by atoms with Crippen molar-refractivity contribution in [2.45, 2.75) is 39.5 Å². The normalized spacial score (nSPS) is 12.4. The molecule has 3 rings (SSSR count). The van der Waals surface area contributed by atoms with Crippen molar-refractivity contribution in [1.29, 1.82) is 0 Å². The molecule has 0 bridgehead atoms. The average molecular weight is 593 g/mol. The summed E-state index contributed by atoms with van der Waals surface area (Å²) >= 11 is 10.4. The second kappa shape index (κ2) is 16.8. The van der Waals surface area contributed by atoms with Gasteiger partial charge in [-0.05, 0) is 19.1 Å². The van der Waals surface area contributed by atoms with Gasteiger partial charge in [0.2, 0.25) is 0 Å². The summed E-state index contributed by atoms with van der Waals surface area (Å²) in [5.74, 6) is 0. The fourth-order valence-electron chi connectivity index (χ4n) is 4.70. The van der Waals surface area contributed by atoms with E-state index in [2.05, 4.69) is 123 Å². The molecule has 0 aromatic heterocycles. The van der Waals surface area contributed by atoms with Gasteiger partial charge in [-0.25, -0.2) is 0 Å². The molecule has 0 atom stereocenters. The first-order chi connectivity index (χ1) is 19.5. The number of unbranched alkanes of at least 4 members (excludes halogenated alkanes) is 3. The van der Waals surface area contributed by atoms with Gasteiger partial charge in [0.1, 0.15) is 0 Å². The molecule has 40 heavy (non-hydrogen) atoms. The molecule has 0 fully saturated rings. The van der Waals surface area contributed by atoms with Crippen LogP contribution in [0.25, 0.3) is 0 Å². The predicted octanol–water partition coefficient (Wildman–Crippen LogP) is 4.58. The van der Waals surface area contributed by atoms with Gasteiger partial charge in [0.25, 0.3) is 0 Å². The van der Waals surface area contributed by atoms with Crippen LogP contribution >= 0.6 is 31.7 Å². The quantitative estimate of drug-likeness (QED) is 0.0766. The number of nitrogens with one attached hydrogen (secondary N) is 4. The molecule has 0 aliphatic carbocycles. The summed E-state index contributed by atoms with van der Waals surface area (Å²) < 4.78 is 0. The second-order valence-electron chi connectivity index (χ2n) is 9.62. The van der Waals surface area contributed by atoms with Crippen LogP contribution in [0.4, 0.5) is 0 Å². The Kier molecular flexibility index (Phi) is 13.2. The molecule has 6 nitrogen and oxygen atoms in total. The van der Waals surface area contributed by atoms with Gasteiger partial charge in [-0.1, -0.05) is 0 Å². The first-order valence-corrected chi connectivity index (χ1v) is 16.8. The molecule has 0 saturated heterocycles. The number of benzene rings is 3. The van der Waals surface area contributed by atoms with E-state index in [1.807, 2.05) is 13.8 Å². The number of hydrogen-bond acceptors (Lipinski definition) is 4. The third-order valence-corrected chi connectivity index (χ3v) is 12.6. The second-order valence-corrected chi connectivity index (χ2v) is 14.5. The zero-order chi connectivity index (χ0) is 28.6. The molecule has 0 heterocycles. The van der Waals surface area contributed by atoms with E-state index >= 15 is 0 Å². The summed E-state index contributed by atoms with van der Waals surface area (Å²) in [4.78, 5) is 0. The summed E-state index contributed by atoms with van der Waals surface area (Å²) in [6, 6.07) is 33.4. The van der Waals surface area contributed by atoms with Crippen molar-refractivity contribution in [3.05, 3.63) is 91.0 Å². The van der Waals surface area contributed by atoms with Crippen LogP contribution in [-0.2, 0) is 0 Å². The number of hydrazone groups is 2. The van der Waals surface area contributed by atoms with Crippen LogP contribution in [0, 0.1) is 0 Å². The zero-order valence-electron chi connectivity index (χ0n) is 23.6. The van der Waals surface area contributed by atoms with E-state index in [1.54, 1.807) is 7.05 Å². The van der Waals surface area contributed by atoms with E-state index in [-0.39, 0.29) is 0 Å². The number of rotatable bonds is 13. The number of nitrogens with zero attached hydrogens (tertiary/aromatic N) is 2. The SMILES string of the molecule is CNC(=S)N/N=C(C)/C(C)=N/NC(=S)NCCCCCC[PH](c1ccccc1)(c1ccccc1)c1ccccc1. The van der Waals surface area contributed by atoms with Gasteiger partial charge >= 0.3 is 204 Å². The molecule has 3 aromatic rings. The van der Waals surface area contributed by atoms with Crippen LogP contribution in [0.2, 0.25) is 0 Å². The van der Waals surface area contributed by atoms with Crippen LogP contribution in [0.5, 0.6) is 0 Å². The van der Waals surface area contributed by atoms with Crippen LogP contribution in [0.1, 0.15) is 39.5 Å². The Morgan fingerprint density at radius 1 is 0.625 bits per heavy atom. The minimum absolute atomic E-state index is 0.450. The van der Waals surface area contributed by atoms with E-state index in [1.165, 1.54) is 34.9 Å². The van der Waals surface area contributed by atoms with Crippen molar-refractivity contribution in [2.24, 2.45) is 10.2 Å². The maximum absolute atomic E-state index is 5.39. The summed E-state index contributed by atoms with van der Waals surface area (Å²) in [6.45, 7) is 4.53. The molecule has 0 aliphatic heterocycles. The molecule has 0 radical (unpaired) electrons. The molecule has 4 N–H and O–H groups in total. The minimum atomic E-state index is -2.14. The van der Waals surface area contributed by atoms with Crippen LogP contribution < -0.4 is 37.4 Å². The van der Waals surface area contributed by atoms with E-state index in [4.69, 9.17) is 24.4 Å². The summed E-state index contributed by atoms with van der Waals surface area (Å²) in [5, 5.41) is 19.9. The van der Waals surface area contributed by atoms with E-state index < -0.39 is 7.26 Å². The molecule has 0 saturated carbocycles. The van der Waals surface area contributed by atoms with Crippen LogP contribution in [-0.4, -0.2) is 41.4 Å². The van der Waals surface area contributed by atoms with Gasteiger partial charge in [-0.3, -0.25) is 5.43 Å². The topological polar surface area (TPSA) is 72.8 Å². The number of hydrogen-bond donors (Lipinski definition) is 4. The Balaban J connectivity index is 1.53. The molecule has 0 aliphatic rings. The van der Waals surface area contributed by atoms with Crippen molar-refractivity contribution < 1.29 is 0 Å². The molecule has 0 spiro atoms.